The Hall–Kier alpha value is -2.04. The number of ether oxygens (including phenoxy) is 1. The molecule has 0 atom stereocenters. The second-order valence-corrected chi connectivity index (χ2v) is 2.65. The lowest BCUT2D eigenvalue weighted by Crippen LogP contribution is -2.01. The second-order valence-electron chi connectivity index (χ2n) is 2.65. The van der Waals surface area contributed by atoms with E-state index in [1.165, 1.54) is 18.0 Å². The highest BCUT2D eigenvalue weighted by molar-refractivity contribution is 5.50. The van der Waals surface area contributed by atoms with Crippen molar-refractivity contribution in [1.82, 2.24) is 14.8 Å². The van der Waals surface area contributed by atoms with Gasteiger partial charge in [0.2, 0.25) is 5.88 Å². The standard InChI is InChI=1S/C9H10N4O/c1-14-9-7(10)3-4-8(12-9)13-6-2-5-11-13/h2-6H,10H2,1H3/i2D. The number of pyridine rings is 1. The number of aromatic nitrogens is 3. The van der Waals surface area contributed by atoms with Crippen molar-refractivity contribution in [1.29, 1.82) is 0 Å². The van der Waals surface area contributed by atoms with Crippen molar-refractivity contribution in [3.8, 4) is 11.7 Å². The van der Waals surface area contributed by atoms with Gasteiger partial charge in [0.05, 0.1) is 14.2 Å². The zero-order valence-electron chi connectivity index (χ0n) is 8.64. The molecule has 14 heavy (non-hydrogen) atoms. The van der Waals surface area contributed by atoms with Crippen LogP contribution in [0.1, 0.15) is 1.37 Å². The molecule has 2 heterocycles. The SMILES string of the molecule is [2H]c1cnn(-c2ccc(N)c(OC)n2)c1. The summed E-state index contributed by atoms with van der Waals surface area (Å²) in [7, 11) is 1.50. The highest BCUT2D eigenvalue weighted by atomic mass is 16.5. The maximum absolute atomic E-state index is 7.34. The van der Waals surface area contributed by atoms with Crippen LogP contribution in [0.4, 0.5) is 5.69 Å². The van der Waals surface area contributed by atoms with Gasteiger partial charge in [0.15, 0.2) is 5.82 Å². The van der Waals surface area contributed by atoms with Crippen LogP contribution in [0.5, 0.6) is 5.88 Å². The molecule has 2 aromatic heterocycles. The Balaban J connectivity index is 2.45. The fourth-order valence-corrected chi connectivity index (χ4v) is 1.09. The van der Waals surface area contributed by atoms with Gasteiger partial charge in [0.25, 0.3) is 0 Å². The van der Waals surface area contributed by atoms with E-state index in [1.54, 1.807) is 18.3 Å². The largest absolute Gasteiger partial charge is 0.479 e. The Morgan fingerprint density at radius 1 is 1.57 bits per heavy atom. The number of nitrogens with two attached hydrogens (primary N) is 1. The molecule has 2 N–H and O–H groups in total. The minimum atomic E-state index is 0.326. The van der Waals surface area contributed by atoms with Crippen LogP contribution in [0.15, 0.2) is 30.6 Å². The quantitative estimate of drug-likeness (QED) is 0.764. The number of hydrogen-bond acceptors (Lipinski definition) is 4. The molecule has 0 radical (unpaired) electrons. The highest BCUT2D eigenvalue weighted by Gasteiger charge is 2.03. The first kappa shape index (κ1) is 7.37. The topological polar surface area (TPSA) is 66.0 Å². The fourth-order valence-electron chi connectivity index (χ4n) is 1.09. The molecule has 2 aromatic rings. The Morgan fingerprint density at radius 2 is 2.43 bits per heavy atom. The normalized spacial score (nSPS) is 11.1. The van der Waals surface area contributed by atoms with Gasteiger partial charge in [0.1, 0.15) is 0 Å². The van der Waals surface area contributed by atoms with Gasteiger partial charge < -0.3 is 10.5 Å². The van der Waals surface area contributed by atoms with Crippen molar-refractivity contribution in [2.75, 3.05) is 12.8 Å². The average molecular weight is 191 g/mol. The number of nitrogen functional groups attached to an aromatic ring is 1. The van der Waals surface area contributed by atoms with Crippen LogP contribution in [-0.4, -0.2) is 21.9 Å². The molecular weight excluding hydrogens is 180 g/mol. The predicted molar refractivity (Wildman–Crippen MR) is 52.3 cm³/mol. The molecule has 0 aliphatic carbocycles. The van der Waals surface area contributed by atoms with Crippen molar-refractivity contribution >= 4 is 5.69 Å². The highest BCUT2D eigenvalue weighted by Crippen LogP contribution is 2.18. The molecule has 5 heteroatoms. The Labute approximate surface area is 82.5 Å². The third-order valence-electron chi connectivity index (χ3n) is 1.76. The molecule has 0 aliphatic heterocycles. The van der Waals surface area contributed by atoms with E-state index >= 15 is 0 Å². The van der Waals surface area contributed by atoms with Crippen LogP contribution >= 0.6 is 0 Å². The average Bonchev–Trinajstić information content (AvgIpc) is 2.66. The molecule has 0 unspecified atom stereocenters. The first-order valence-electron chi connectivity index (χ1n) is 4.53. The molecule has 5 nitrogen and oxygen atoms in total. The van der Waals surface area contributed by atoms with E-state index in [-0.39, 0.29) is 0 Å². The first-order valence-corrected chi connectivity index (χ1v) is 4.03. The second kappa shape index (κ2) is 3.37. The van der Waals surface area contributed by atoms with E-state index in [2.05, 4.69) is 10.1 Å². The van der Waals surface area contributed by atoms with Crippen LogP contribution in [0.25, 0.3) is 5.82 Å². The summed E-state index contributed by atoms with van der Waals surface area (Å²) in [6.07, 6.45) is 2.99. The van der Waals surface area contributed by atoms with Crippen LogP contribution < -0.4 is 10.5 Å². The molecule has 2 rings (SSSR count). The van der Waals surface area contributed by atoms with Crippen molar-refractivity contribution < 1.29 is 6.11 Å². The predicted octanol–water partition coefficient (Wildman–Crippen LogP) is 0.858. The van der Waals surface area contributed by atoms with Gasteiger partial charge in [0, 0.05) is 12.4 Å². The van der Waals surface area contributed by atoms with Crippen LogP contribution in [-0.2, 0) is 0 Å². The van der Waals surface area contributed by atoms with Gasteiger partial charge in [-0.2, -0.15) is 10.1 Å². The Bertz CT molecular complexity index is 483. The summed E-state index contributed by atoms with van der Waals surface area (Å²) in [6, 6.07) is 3.73. The van der Waals surface area contributed by atoms with Crippen LogP contribution in [0.3, 0.4) is 0 Å². The monoisotopic (exact) mass is 191 g/mol. The van der Waals surface area contributed by atoms with Crippen molar-refractivity contribution in [3.63, 3.8) is 0 Å². The van der Waals surface area contributed by atoms with Gasteiger partial charge in [-0.15, -0.1) is 0 Å². The number of anilines is 1. The summed E-state index contributed by atoms with van der Waals surface area (Å²) < 4.78 is 13.8. The van der Waals surface area contributed by atoms with Crippen molar-refractivity contribution in [3.05, 3.63) is 30.6 Å². The lowest BCUT2D eigenvalue weighted by Gasteiger charge is -2.05. The number of nitrogens with zero attached hydrogens (tertiary/aromatic N) is 3. The smallest absolute Gasteiger partial charge is 0.238 e. The fraction of sp³-hybridized carbons (Fsp3) is 0.111. The van der Waals surface area contributed by atoms with Crippen molar-refractivity contribution in [2.45, 2.75) is 0 Å². The van der Waals surface area contributed by atoms with Crippen LogP contribution in [0.2, 0.25) is 0 Å². The van der Waals surface area contributed by atoms with Crippen molar-refractivity contribution in [2.24, 2.45) is 0 Å². The number of rotatable bonds is 2. The van der Waals surface area contributed by atoms with Gasteiger partial charge in [-0.1, -0.05) is 0 Å². The van der Waals surface area contributed by atoms with Gasteiger partial charge in [-0.3, -0.25) is 0 Å². The van der Waals surface area contributed by atoms with Crippen LogP contribution in [0, 0.1) is 0 Å². The Morgan fingerprint density at radius 3 is 3.07 bits per heavy atom. The summed E-state index contributed by atoms with van der Waals surface area (Å²) in [5.41, 5.74) is 6.10. The van der Waals surface area contributed by atoms with Gasteiger partial charge in [-0.25, -0.2) is 4.68 Å². The summed E-state index contributed by atoms with van der Waals surface area (Å²) >= 11 is 0. The zero-order valence-corrected chi connectivity index (χ0v) is 7.64. The Kier molecular flexibility index (Phi) is 1.77. The van der Waals surface area contributed by atoms with E-state index in [9.17, 15) is 0 Å². The van der Waals surface area contributed by atoms with E-state index < -0.39 is 0 Å². The molecule has 72 valence electrons. The molecule has 0 bridgehead atoms. The van der Waals surface area contributed by atoms with E-state index in [1.807, 2.05) is 0 Å². The minimum Gasteiger partial charge on any atom is -0.479 e. The molecule has 0 amide bonds. The molecule has 0 fully saturated rings. The molecule has 0 saturated heterocycles. The van der Waals surface area contributed by atoms with E-state index in [0.717, 1.165) is 0 Å². The molecule has 0 spiro atoms. The first-order chi connectivity index (χ1) is 7.20. The third kappa shape index (κ3) is 1.39. The summed E-state index contributed by atoms with van der Waals surface area (Å²) in [4.78, 5) is 4.14. The van der Waals surface area contributed by atoms with Gasteiger partial charge in [-0.05, 0) is 18.2 Å². The lowest BCUT2D eigenvalue weighted by atomic mass is 10.4. The maximum atomic E-state index is 7.34. The third-order valence-corrected chi connectivity index (χ3v) is 1.76. The lowest BCUT2D eigenvalue weighted by molar-refractivity contribution is 0.399. The maximum Gasteiger partial charge on any atom is 0.238 e. The number of methoxy groups -OCH3 is 1. The minimum absolute atomic E-state index is 0.326. The number of hydrogen-bond donors (Lipinski definition) is 1. The molecular formula is C9H10N4O. The van der Waals surface area contributed by atoms with Gasteiger partial charge >= 0.3 is 0 Å². The molecule has 0 aromatic carbocycles. The van der Waals surface area contributed by atoms with E-state index in [4.69, 9.17) is 11.8 Å². The molecule has 0 aliphatic rings. The summed E-state index contributed by atoms with van der Waals surface area (Å²) in [6.45, 7) is 0. The zero-order chi connectivity index (χ0) is 10.8. The summed E-state index contributed by atoms with van der Waals surface area (Å²) in [5.74, 6) is 0.925. The molecule has 0 saturated carbocycles. The van der Waals surface area contributed by atoms with E-state index in [0.29, 0.717) is 23.4 Å². The summed E-state index contributed by atoms with van der Waals surface area (Å²) in [5, 5.41) is 3.96.